The standard InChI is InChI=1S/C16H20O3.C2H6.CH5N/c1-12-6-8-16(9-7-12)10-18-15(19-11-16)13-2-4-14(17)5-3-13;2*1-2/h2-6,15,17H,7-11H2,1H3;1-2H3;2H2,1H3. The van der Waals surface area contributed by atoms with Gasteiger partial charge in [0.1, 0.15) is 5.75 Å². The maximum atomic E-state index is 9.29. The number of hydrogen-bond acceptors (Lipinski definition) is 4. The molecule has 1 aromatic rings. The van der Waals surface area contributed by atoms with Crippen LogP contribution in [0.3, 0.4) is 0 Å². The normalized spacial score (nSPS) is 26.3. The van der Waals surface area contributed by atoms with Gasteiger partial charge in [-0.05, 0) is 45.4 Å². The van der Waals surface area contributed by atoms with Crippen LogP contribution in [0.5, 0.6) is 5.75 Å². The van der Waals surface area contributed by atoms with Gasteiger partial charge >= 0.3 is 0 Å². The Kier molecular flexibility index (Phi) is 8.31. The second-order valence-electron chi connectivity index (χ2n) is 5.80. The lowest BCUT2D eigenvalue weighted by atomic mass is 9.76. The highest BCUT2D eigenvalue weighted by Crippen LogP contribution is 2.41. The van der Waals surface area contributed by atoms with Crippen molar-refractivity contribution >= 4 is 0 Å². The van der Waals surface area contributed by atoms with Gasteiger partial charge in [0.15, 0.2) is 6.29 Å². The molecule has 1 fully saturated rings. The van der Waals surface area contributed by atoms with Gasteiger partial charge in [0, 0.05) is 11.0 Å². The zero-order chi connectivity index (χ0) is 17.3. The molecule has 1 aliphatic heterocycles. The Bertz CT molecular complexity index is 474. The summed E-state index contributed by atoms with van der Waals surface area (Å²) in [5.74, 6) is 0.268. The lowest BCUT2D eigenvalue weighted by molar-refractivity contribution is -0.235. The predicted molar refractivity (Wildman–Crippen MR) is 94.3 cm³/mol. The summed E-state index contributed by atoms with van der Waals surface area (Å²) in [5, 5.41) is 9.29. The highest BCUT2D eigenvalue weighted by Gasteiger charge is 2.37. The first kappa shape index (κ1) is 19.7. The molecule has 0 amide bonds. The van der Waals surface area contributed by atoms with Crippen LogP contribution in [-0.4, -0.2) is 25.4 Å². The number of benzene rings is 1. The molecule has 4 heteroatoms. The smallest absolute Gasteiger partial charge is 0.183 e. The first-order valence-electron chi connectivity index (χ1n) is 8.42. The number of allylic oxidation sites excluding steroid dienone is 2. The van der Waals surface area contributed by atoms with Crippen LogP contribution < -0.4 is 5.73 Å². The summed E-state index contributed by atoms with van der Waals surface area (Å²) >= 11 is 0. The molecule has 130 valence electrons. The zero-order valence-electron chi connectivity index (χ0n) is 14.8. The summed E-state index contributed by atoms with van der Waals surface area (Å²) in [7, 11) is 1.50. The van der Waals surface area contributed by atoms with Gasteiger partial charge in [-0.25, -0.2) is 0 Å². The minimum absolute atomic E-state index is 0.174. The zero-order valence-corrected chi connectivity index (χ0v) is 14.8. The number of hydrogen-bond donors (Lipinski definition) is 2. The molecule has 1 saturated heterocycles. The molecule has 3 N–H and O–H groups in total. The molecule has 3 rings (SSSR count). The molecule has 23 heavy (non-hydrogen) atoms. The van der Waals surface area contributed by atoms with E-state index in [4.69, 9.17) is 9.47 Å². The Labute approximate surface area is 140 Å². The van der Waals surface area contributed by atoms with Gasteiger partial charge in [-0.1, -0.05) is 37.6 Å². The molecule has 1 heterocycles. The van der Waals surface area contributed by atoms with Crippen LogP contribution in [0.15, 0.2) is 35.9 Å². The summed E-state index contributed by atoms with van der Waals surface area (Å²) in [6, 6.07) is 7.03. The van der Waals surface area contributed by atoms with Crippen molar-refractivity contribution in [1.82, 2.24) is 0 Å². The van der Waals surface area contributed by atoms with Crippen LogP contribution >= 0.6 is 0 Å². The number of ether oxygens (including phenoxy) is 2. The lowest BCUT2D eigenvalue weighted by Gasteiger charge is -2.41. The fourth-order valence-electron chi connectivity index (χ4n) is 2.74. The molecule has 0 unspecified atom stereocenters. The van der Waals surface area contributed by atoms with Crippen LogP contribution in [-0.2, 0) is 9.47 Å². The highest BCUT2D eigenvalue weighted by atomic mass is 16.7. The van der Waals surface area contributed by atoms with Crippen molar-refractivity contribution in [3.8, 4) is 5.75 Å². The van der Waals surface area contributed by atoms with Crippen LogP contribution in [0.1, 0.15) is 51.9 Å². The van der Waals surface area contributed by atoms with Gasteiger partial charge < -0.3 is 20.3 Å². The van der Waals surface area contributed by atoms with Crippen molar-refractivity contribution in [2.45, 2.75) is 46.3 Å². The van der Waals surface area contributed by atoms with E-state index in [0.717, 1.165) is 38.0 Å². The highest BCUT2D eigenvalue weighted by molar-refractivity contribution is 5.26. The second-order valence-corrected chi connectivity index (χ2v) is 5.80. The molecule has 4 nitrogen and oxygen atoms in total. The maximum Gasteiger partial charge on any atom is 0.183 e. The van der Waals surface area contributed by atoms with Gasteiger partial charge in [-0.3, -0.25) is 0 Å². The lowest BCUT2D eigenvalue weighted by Crippen LogP contribution is -2.39. The van der Waals surface area contributed by atoms with E-state index in [1.807, 2.05) is 26.0 Å². The monoisotopic (exact) mass is 321 g/mol. The van der Waals surface area contributed by atoms with Crippen LogP contribution in [0.4, 0.5) is 0 Å². The van der Waals surface area contributed by atoms with Gasteiger partial charge in [0.2, 0.25) is 0 Å². The van der Waals surface area contributed by atoms with E-state index >= 15 is 0 Å². The van der Waals surface area contributed by atoms with Crippen molar-refractivity contribution in [3.05, 3.63) is 41.5 Å². The molecule has 1 aromatic carbocycles. The fourth-order valence-corrected chi connectivity index (χ4v) is 2.74. The molecule has 1 spiro atoms. The van der Waals surface area contributed by atoms with Gasteiger partial charge in [0.25, 0.3) is 0 Å². The average Bonchev–Trinajstić information content (AvgIpc) is 2.63. The summed E-state index contributed by atoms with van der Waals surface area (Å²) in [5.41, 5.74) is 7.12. The summed E-state index contributed by atoms with van der Waals surface area (Å²) in [4.78, 5) is 0. The Morgan fingerprint density at radius 1 is 1.09 bits per heavy atom. The molecule has 0 atom stereocenters. The van der Waals surface area contributed by atoms with Gasteiger partial charge in [-0.15, -0.1) is 0 Å². The van der Waals surface area contributed by atoms with E-state index < -0.39 is 0 Å². The number of rotatable bonds is 1. The van der Waals surface area contributed by atoms with E-state index in [1.54, 1.807) is 12.1 Å². The molecule has 0 radical (unpaired) electrons. The van der Waals surface area contributed by atoms with Gasteiger partial charge in [0.05, 0.1) is 13.2 Å². The summed E-state index contributed by atoms with van der Waals surface area (Å²) in [6.07, 6.45) is 5.38. The first-order valence-corrected chi connectivity index (χ1v) is 8.42. The van der Waals surface area contributed by atoms with Crippen molar-refractivity contribution in [2.75, 3.05) is 20.3 Å². The topological polar surface area (TPSA) is 64.7 Å². The third-order valence-corrected chi connectivity index (χ3v) is 4.18. The van der Waals surface area contributed by atoms with Crippen LogP contribution in [0.25, 0.3) is 0 Å². The quantitative estimate of drug-likeness (QED) is 0.762. The van der Waals surface area contributed by atoms with Crippen molar-refractivity contribution < 1.29 is 14.6 Å². The third-order valence-electron chi connectivity index (χ3n) is 4.18. The largest absolute Gasteiger partial charge is 0.508 e. The van der Waals surface area contributed by atoms with Crippen molar-refractivity contribution in [3.63, 3.8) is 0 Å². The molecule has 0 aromatic heterocycles. The predicted octanol–water partition coefficient (Wildman–Crippen LogP) is 4.16. The van der Waals surface area contributed by atoms with Crippen LogP contribution in [0, 0.1) is 5.41 Å². The second kappa shape index (κ2) is 9.71. The Morgan fingerprint density at radius 3 is 2.13 bits per heavy atom. The minimum atomic E-state index is -0.293. The van der Waals surface area contributed by atoms with E-state index in [2.05, 4.69) is 18.7 Å². The number of aromatic hydroxyl groups is 1. The number of nitrogens with two attached hydrogens (primary N) is 1. The Morgan fingerprint density at radius 2 is 1.65 bits per heavy atom. The van der Waals surface area contributed by atoms with Gasteiger partial charge in [-0.2, -0.15) is 0 Å². The number of phenolic OH excluding ortho intramolecular Hbond substituents is 1. The summed E-state index contributed by atoms with van der Waals surface area (Å²) < 4.78 is 11.8. The molecule has 1 aliphatic carbocycles. The Hall–Kier alpha value is -1.36. The molecular formula is C19H31NO3. The molecule has 0 bridgehead atoms. The average molecular weight is 321 g/mol. The molecule has 2 aliphatic rings. The first-order chi connectivity index (χ1) is 11.2. The van der Waals surface area contributed by atoms with E-state index in [1.165, 1.54) is 12.6 Å². The molecular weight excluding hydrogens is 290 g/mol. The Balaban J connectivity index is 0.000000615. The van der Waals surface area contributed by atoms with E-state index in [0.29, 0.717) is 0 Å². The molecule has 0 saturated carbocycles. The fraction of sp³-hybridized carbons (Fsp3) is 0.579. The third kappa shape index (κ3) is 5.34. The number of phenols is 1. The maximum absolute atomic E-state index is 9.29. The summed E-state index contributed by atoms with van der Waals surface area (Å²) in [6.45, 7) is 7.70. The SMILES string of the molecule is CC.CC1=CCC2(CC1)COC(c1ccc(O)cc1)OC2.CN. The van der Waals surface area contributed by atoms with Crippen molar-refractivity contribution in [2.24, 2.45) is 11.1 Å². The van der Waals surface area contributed by atoms with E-state index in [-0.39, 0.29) is 17.5 Å². The van der Waals surface area contributed by atoms with Crippen molar-refractivity contribution in [1.29, 1.82) is 0 Å². The minimum Gasteiger partial charge on any atom is -0.508 e. The van der Waals surface area contributed by atoms with Crippen LogP contribution in [0.2, 0.25) is 0 Å². The van der Waals surface area contributed by atoms with E-state index in [9.17, 15) is 5.11 Å².